The minimum Gasteiger partial charge on any atom is -0.462 e. The van der Waals surface area contributed by atoms with Gasteiger partial charge in [-0.15, -0.1) is 0 Å². The minimum absolute atomic E-state index is 0.0423. The number of carbonyl (C=O) groups is 2. The average Bonchev–Trinajstić information content (AvgIpc) is 2.60. The molecule has 1 saturated heterocycles. The number of nitrogens with one attached hydrogen (secondary N) is 1. The molecule has 0 aliphatic carbocycles. The van der Waals surface area contributed by atoms with Crippen molar-refractivity contribution in [3.8, 4) is 0 Å². The maximum atomic E-state index is 12.2. The van der Waals surface area contributed by atoms with Gasteiger partial charge < -0.3 is 15.0 Å². The zero-order valence-corrected chi connectivity index (χ0v) is 13.8. The highest BCUT2D eigenvalue weighted by Gasteiger charge is 2.28. The first-order chi connectivity index (χ1) is 11.5. The molecule has 1 aliphatic rings. The highest BCUT2D eigenvalue weighted by molar-refractivity contribution is 5.97. The first kappa shape index (κ1) is 17.7. The zero-order chi connectivity index (χ0) is 17.7. The molecule has 1 aromatic rings. The van der Waals surface area contributed by atoms with Crippen molar-refractivity contribution < 1.29 is 19.2 Å². The third-order valence-electron chi connectivity index (χ3n) is 4.07. The summed E-state index contributed by atoms with van der Waals surface area (Å²) in [6.07, 6.45) is 1.58. The Bertz CT molecular complexity index is 647. The Balaban J connectivity index is 2.35. The van der Waals surface area contributed by atoms with E-state index >= 15 is 0 Å². The Labute approximate surface area is 139 Å². The lowest BCUT2D eigenvalue weighted by atomic mass is 9.96. The maximum Gasteiger partial charge on any atom is 0.340 e. The van der Waals surface area contributed by atoms with Crippen LogP contribution in [0.15, 0.2) is 18.2 Å². The van der Waals surface area contributed by atoms with Gasteiger partial charge in [-0.3, -0.25) is 14.9 Å². The average molecular weight is 335 g/mol. The van der Waals surface area contributed by atoms with Crippen molar-refractivity contribution in [1.29, 1.82) is 0 Å². The van der Waals surface area contributed by atoms with Crippen LogP contribution in [0.5, 0.6) is 0 Å². The molecule has 1 atom stereocenters. The SMILES string of the molecule is CCOC(=O)c1cc([N+](=O)[O-])ccc1N1CCCC(C(=O)NC)C1. The number of hydrogen-bond donors (Lipinski definition) is 1. The van der Waals surface area contributed by atoms with Crippen molar-refractivity contribution in [2.75, 3.05) is 31.6 Å². The Hall–Kier alpha value is -2.64. The van der Waals surface area contributed by atoms with E-state index in [2.05, 4.69) is 5.32 Å². The number of nitrogens with zero attached hydrogens (tertiary/aromatic N) is 2. The summed E-state index contributed by atoms with van der Waals surface area (Å²) >= 11 is 0. The highest BCUT2D eigenvalue weighted by atomic mass is 16.6. The first-order valence-electron chi connectivity index (χ1n) is 7.90. The van der Waals surface area contributed by atoms with Gasteiger partial charge in [0.1, 0.15) is 0 Å². The van der Waals surface area contributed by atoms with Crippen molar-refractivity contribution >= 4 is 23.3 Å². The van der Waals surface area contributed by atoms with Gasteiger partial charge in [0.15, 0.2) is 0 Å². The fourth-order valence-corrected chi connectivity index (χ4v) is 2.90. The smallest absolute Gasteiger partial charge is 0.340 e. The molecule has 0 radical (unpaired) electrons. The van der Waals surface area contributed by atoms with Gasteiger partial charge in [0.25, 0.3) is 5.69 Å². The Kier molecular flexibility index (Phi) is 5.73. The molecular weight excluding hydrogens is 314 g/mol. The second kappa shape index (κ2) is 7.76. The van der Waals surface area contributed by atoms with Gasteiger partial charge in [-0.25, -0.2) is 4.79 Å². The number of nitro groups is 1. The molecule has 0 spiro atoms. The number of nitro benzene ring substituents is 1. The first-order valence-corrected chi connectivity index (χ1v) is 7.90. The Morgan fingerprint density at radius 2 is 2.21 bits per heavy atom. The largest absolute Gasteiger partial charge is 0.462 e. The van der Waals surface area contributed by atoms with Gasteiger partial charge in [-0.1, -0.05) is 0 Å². The number of carbonyl (C=O) groups excluding carboxylic acids is 2. The fourth-order valence-electron chi connectivity index (χ4n) is 2.90. The van der Waals surface area contributed by atoms with E-state index in [1.807, 2.05) is 4.90 Å². The third kappa shape index (κ3) is 3.81. The van der Waals surface area contributed by atoms with Gasteiger partial charge in [0.2, 0.25) is 5.91 Å². The summed E-state index contributed by atoms with van der Waals surface area (Å²) in [5, 5.41) is 13.6. The van der Waals surface area contributed by atoms with E-state index in [0.717, 1.165) is 12.8 Å². The van der Waals surface area contributed by atoms with E-state index < -0.39 is 10.9 Å². The normalized spacial score (nSPS) is 17.2. The van der Waals surface area contributed by atoms with Gasteiger partial charge in [0, 0.05) is 32.3 Å². The van der Waals surface area contributed by atoms with Crippen LogP contribution < -0.4 is 10.2 Å². The van der Waals surface area contributed by atoms with E-state index in [4.69, 9.17) is 4.74 Å². The molecule has 0 bridgehead atoms. The molecule has 24 heavy (non-hydrogen) atoms. The second-order valence-corrected chi connectivity index (χ2v) is 5.58. The summed E-state index contributed by atoms with van der Waals surface area (Å²) in [5.41, 5.74) is 0.554. The predicted molar refractivity (Wildman–Crippen MR) is 88.1 cm³/mol. The summed E-state index contributed by atoms with van der Waals surface area (Å²) < 4.78 is 5.02. The summed E-state index contributed by atoms with van der Waals surface area (Å²) in [7, 11) is 1.59. The Morgan fingerprint density at radius 3 is 2.83 bits per heavy atom. The van der Waals surface area contributed by atoms with Gasteiger partial charge in [-0.05, 0) is 25.8 Å². The van der Waals surface area contributed by atoms with Crippen LogP contribution in [0.3, 0.4) is 0 Å². The van der Waals surface area contributed by atoms with Gasteiger partial charge >= 0.3 is 5.97 Å². The van der Waals surface area contributed by atoms with Crippen LogP contribution in [0.25, 0.3) is 0 Å². The molecule has 1 amide bonds. The molecular formula is C16H21N3O5. The third-order valence-corrected chi connectivity index (χ3v) is 4.07. The number of non-ortho nitro benzene ring substituents is 1. The number of ether oxygens (including phenoxy) is 1. The van der Waals surface area contributed by atoms with E-state index in [0.29, 0.717) is 18.8 Å². The van der Waals surface area contributed by atoms with Crippen LogP contribution in [-0.2, 0) is 9.53 Å². The van der Waals surface area contributed by atoms with Crippen LogP contribution in [-0.4, -0.2) is 43.5 Å². The van der Waals surface area contributed by atoms with Crippen molar-refractivity contribution in [1.82, 2.24) is 5.32 Å². The Morgan fingerprint density at radius 1 is 1.46 bits per heavy atom. The predicted octanol–water partition coefficient (Wildman–Crippen LogP) is 1.73. The number of anilines is 1. The summed E-state index contributed by atoms with van der Waals surface area (Å²) in [5.74, 6) is -0.813. The van der Waals surface area contributed by atoms with Crippen LogP contribution in [0.4, 0.5) is 11.4 Å². The standard InChI is InChI=1S/C16H21N3O5/c1-3-24-16(21)13-9-12(19(22)23)6-7-14(13)18-8-4-5-11(10-18)15(20)17-2/h6-7,9,11H,3-5,8,10H2,1-2H3,(H,17,20). The lowest BCUT2D eigenvalue weighted by Crippen LogP contribution is -2.42. The monoisotopic (exact) mass is 335 g/mol. The lowest BCUT2D eigenvalue weighted by molar-refractivity contribution is -0.384. The van der Waals surface area contributed by atoms with E-state index in [9.17, 15) is 19.7 Å². The molecule has 1 aromatic carbocycles. The van der Waals surface area contributed by atoms with E-state index in [1.54, 1.807) is 20.0 Å². The summed E-state index contributed by atoms with van der Waals surface area (Å²) in [6.45, 7) is 3.00. The quantitative estimate of drug-likeness (QED) is 0.499. The summed E-state index contributed by atoms with van der Waals surface area (Å²) in [6, 6.07) is 4.15. The number of piperidine rings is 1. The molecule has 1 unspecified atom stereocenters. The van der Waals surface area contributed by atoms with Crippen molar-refractivity contribution in [2.24, 2.45) is 5.92 Å². The second-order valence-electron chi connectivity index (χ2n) is 5.58. The van der Waals surface area contributed by atoms with Crippen molar-refractivity contribution in [3.05, 3.63) is 33.9 Å². The van der Waals surface area contributed by atoms with E-state index in [-0.39, 0.29) is 29.7 Å². The van der Waals surface area contributed by atoms with Crippen LogP contribution in [0.1, 0.15) is 30.1 Å². The molecule has 130 valence electrons. The van der Waals surface area contributed by atoms with Crippen LogP contribution in [0.2, 0.25) is 0 Å². The molecule has 8 heteroatoms. The maximum absolute atomic E-state index is 12.2. The number of benzene rings is 1. The molecule has 1 N–H and O–H groups in total. The topological polar surface area (TPSA) is 102 Å². The summed E-state index contributed by atoms with van der Waals surface area (Å²) in [4.78, 5) is 36.5. The van der Waals surface area contributed by atoms with Crippen LogP contribution in [0, 0.1) is 16.0 Å². The lowest BCUT2D eigenvalue weighted by Gasteiger charge is -2.34. The molecule has 0 aromatic heterocycles. The zero-order valence-electron chi connectivity index (χ0n) is 13.8. The van der Waals surface area contributed by atoms with Gasteiger partial charge in [0.05, 0.1) is 28.7 Å². The molecule has 1 aliphatic heterocycles. The van der Waals surface area contributed by atoms with Crippen molar-refractivity contribution in [3.63, 3.8) is 0 Å². The number of amides is 1. The van der Waals surface area contributed by atoms with Gasteiger partial charge in [-0.2, -0.15) is 0 Å². The minimum atomic E-state index is -0.599. The fraction of sp³-hybridized carbons (Fsp3) is 0.500. The van der Waals surface area contributed by atoms with Crippen LogP contribution >= 0.6 is 0 Å². The highest BCUT2D eigenvalue weighted by Crippen LogP contribution is 2.30. The number of rotatable bonds is 5. The molecule has 2 rings (SSSR count). The number of esters is 1. The molecule has 0 saturated carbocycles. The van der Waals surface area contributed by atoms with E-state index in [1.165, 1.54) is 12.1 Å². The number of hydrogen-bond acceptors (Lipinski definition) is 6. The molecule has 8 nitrogen and oxygen atoms in total. The van der Waals surface area contributed by atoms with Crippen molar-refractivity contribution in [2.45, 2.75) is 19.8 Å². The molecule has 1 fully saturated rings. The molecule has 1 heterocycles.